The summed E-state index contributed by atoms with van der Waals surface area (Å²) in [7, 11) is 0. The minimum atomic E-state index is 0.296. The van der Waals surface area contributed by atoms with Gasteiger partial charge in [0.1, 0.15) is 17.2 Å². The van der Waals surface area contributed by atoms with Gasteiger partial charge in [-0.3, -0.25) is 0 Å². The molecule has 0 fully saturated rings. The van der Waals surface area contributed by atoms with Crippen molar-refractivity contribution in [2.75, 3.05) is 0 Å². The van der Waals surface area contributed by atoms with Gasteiger partial charge >= 0.3 is 0 Å². The predicted octanol–water partition coefficient (Wildman–Crippen LogP) is 3.79. The van der Waals surface area contributed by atoms with E-state index in [1.807, 2.05) is 13.0 Å². The van der Waals surface area contributed by atoms with Gasteiger partial charge in [-0.25, -0.2) is 0 Å². The zero-order valence-electron chi connectivity index (χ0n) is 10.5. The third-order valence-corrected chi connectivity index (χ3v) is 3.37. The SMILES string of the molecule is CCc1cc(Oc2cc(Cl)nc3ncnn23)ccc1Cl. The summed E-state index contributed by atoms with van der Waals surface area (Å²) in [5, 5.41) is 5.07. The van der Waals surface area contributed by atoms with Crippen LogP contribution in [0.5, 0.6) is 11.6 Å². The second-order valence-corrected chi connectivity index (χ2v) is 4.89. The van der Waals surface area contributed by atoms with Crippen molar-refractivity contribution in [2.45, 2.75) is 13.3 Å². The van der Waals surface area contributed by atoms with Gasteiger partial charge in [0.05, 0.1) is 0 Å². The molecule has 0 amide bonds. The van der Waals surface area contributed by atoms with Crippen LogP contribution in [0, 0.1) is 0 Å². The van der Waals surface area contributed by atoms with Gasteiger partial charge in [-0.15, -0.1) is 0 Å². The van der Waals surface area contributed by atoms with Gasteiger partial charge in [-0.1, -0.05) is 30.1 Å². The van der Waals surface area contributed by atoms with Crippen LogP contribution < -0.4 is 4.74 Å². The van der Waals surface area contributed by atoms with Crippen molar-refractivity contribution in [3.8, 4) is 11.6 Å². The number of halogens is 2. The molecule has 0 unspecified atom stereocenters. The van der Waals surface area contributed by atoms with Crippen molar-refractivity contribution in [3.05, 3.63) is 46.3 Å². The zero-order valence-corrected chi connectivity index (χ0v) is 12.1. The van der Waals surface area contributed by atoms with Crippen LogP contribution in [0.1, 0.15) is 12.5 Å². The molecule has 0 aliphatic carbocycles. The number of fused-ring (bicyclic) bond motifs is 1. The molecule has 7 heteroatoms. The first kappa shape index (κ1) is 13.1. The van der Waals surface area contributed by atoms with E-state index in [2.05, 4.69) is 15.1 Å². The van der Waals surface area contributed by atoms with Crippen LogP contribution in [-0.2, 0) is 6.42 Å². The predicted molar refractivity (Wildman–Crippen MR) is 76.7 cm³/mol. The van der Waals surface area contributed by atoms with Gasteiger partial charge in [0, 0.05) is 11.1 Å². The Kier molecular flexibility index (Phi) is 3.46. The number of benzene rings is 1. The number of ether oxygens (including phenoxy) is 1. The summed E-state index contributed by atoms with van der Waals surface area (Å²) in [6.07, 6.45) is 2.22. The summed E-state index contributed by atoms with van der Waals surface area (Å²) in [4.78, 5) is 8.02. The topological polar surface area (TPSA) is 52.3 Å². The minimum Gasteiger partial charge on any atom is -0.439 e. The molecule has 0 radical (unpaired) electrons. The molecule has 0 spiro atoms. The Labute approximate surface area is 125 Å². The fourth-order valence-electron chi connectivity index (χ4n) is 1.84. The molecule has 102 valence electrons. The quantitative estimate of drug-likeness (QED) is 0.691. The maximum Gasteiger partial charge on any atom is 0.256 e. The summed E-state index contributed by atoms with van der Waals surface area (Å²) >= 11 is 12.0. The Hall–Kier alpha value is -1.85. The first-order chi connectivity index (χ1) is 9.67. The smallest absolute Gasteiger partial charge is 0.256 e. The molecule has 0 aliphatic rings. The molecule has 2 aromatic heterocycles. The second-order valence-electron chi connectivity index (χ2n) is 4.10. The molecule has 0 aliphatic heterocycles. The van der Waals surface area contributed by atoms with Crippen LogP contribution in [0.25, 0.3) is 5.78 Å². The Morgan fingerprint density at radius 3 is 2.90 bits per heavy atom. The van der Waals surface area contributed by atoms with Crippen molar-refractivity contribution in [1.82, 2.24) is 19.6 Å². The lowest BCUT2D eigenvalue weighted by atomic mass is 10.1. The van der Waals surface area contributed by atoms with E-state index in [1.54, 1.807) is 18.2 Å². The summed E-state index contributed by atoms with van der Waals surface area (Å²) in [5.74, 6) is 1.49. The fraction of sp³-hybridized carbons (Fsp3) is 0.154. The summed E-state index contributed by atoms with van der Waals surface area (Å²) < 4.78 is 7.28. The Balaban J connectivity index is 2.02. The maximum atomic E-state index is 6.09. The van der Waals surface area contributed by atoms with Crippen LogP contribution in [0.3, 0.4) is 0 Å². The lowest BCUT2D eigenvalue weighted by molar-refractivity contribution is 0.445. The molecular weight excluding hydrogens is 299 g/mol. The fourth-order valence-corrected chi connectivity index (χ4v) is 2.26. The number of aryl methyl sites for hydroxylation is 1. The van der Waals surface area contributed by atoms with Gasteiger partial charge in [0.15, 0.2) is 0 Å². The Morgan fingerprint density at radius 1 is 1.25 bits per heavy atom. The molecule has 0 bridgehead atoms. The van der Waals surface area contributed by atoms with E-state index < -0.39 is 0 Å². The first-order valence-electron chi connectivity index (χ1n) is 6.00. The first-order valence-corrected chi connectivity index (χ1v) is 6.75. The van der Waals surface area contributed by atoms with Gasteiger partial charge in [0.25, 0.3) is 5.78 Å². The average Bonchev–Trinajstić information content (AvgIpc) is 2.89. The van der Waals surface area contributed by atoms with E-state index >= 15 is 0 Å². The lowest BCUT2D eigenvalue weighted by Gasteiger charge is -2.09. The van der Waals surface area contributed by atoms with E-state index in [0.717, 1.165) is 17.0 Å². The summed E-state index contributed by atoms with van der Waals surface area (Å²) in [6.45, 7) is 2.03. The molecule has 0 saturated carbocycles. The number of nitrogens with zero attached hydrogens (tertiary/aromatic N) is 4. The second kappa shape index (κ2) is 5.26. The largest absolute Gasteiger partial charge is 0.439 e. The highest BCUT2D eigenvalue weighted by Crippen LogP contribution is 2.27. The van der Waals surface area contributed by atoms with E-state index in [-0.39, 0.29) is 0 Å². The number of hydrogen-bond donors (Lipinski definition) is 0. The zero-order chi connectivity index (χ0) is 14.1. The van der Waals surface area contributed by atoms with E-state index in [4.69, 9.17) is 27.9 Å². The van der Waals surface area contributed by atoms with E-state index in [9.17, 15) is 0 Å². The molecule has 0 atom stereocenters. The monoisotopic (exact) mass is 308 g/mol. The van der Waals surface area contributed by atoms with Crippen molar-refractivity contribution in [3.63, 3.8) is 0 Å². The van der Waals surface area contributed by atoms with Gasteiger partial charge in [0.2, 0.25) is 5.88 Å². The molecular formula is C13H10Cl2N4O. The minimum absolute atomic E-state index is 0.296. The molecule has 1 aromatic carbocycles. The van der Waals surface area contributed by atoms with Crippen LogP contribution in [0.2, 0.25) is 10.2 Å². The molecule has 5 nitrogen and oxygen atoms in total. The van der Waals surface area contributed by atoms with Crippen LogP contribution in [0.4, 0.5) is 0 Å². The van der Waals surface area contributed by atoms with E-state index in [1.165, 1.54) is 10.8 Å². The normalized spacial score (nSPS) is 10.9. The van der Waals surface area contributed by atoms with E-state index in [0.29, 0.717) is 22.6 Å². The highest BCUT2D eigenvalue weighted by molar-refractivity contribution is 6.31. The highest BCUT2D eigenvalue weighted by Gasteiger charge is 2.09. The standard InChI is InChI=1S/C13H10Cl2N4O/c1-2-8-5-9(3-4-10(8)14)20-12-6-11(15)18-13-16-7-17-19(12)13/h3-7H,2H2,1H3. The van der Waals surface area contributed by atoms with Crippen molar-refractivity contribution >= 4 is 29.0 Å². The molecule has 3 aromatic rings. The Morgan fingerprint density at radius 2 is 2.10 bits per heavy atom. The summed E-state index contributed by atoms with van der Waals surface area (Å²) in [6, 6.07) is 7.07. The average molecular weight is 309 g/mol. The summed E-state index contributed by atoms with van der Waals surface area (Å²) in [5.41, 5.74) is 1.01. The Bertz CT molecular complexity index is 772. The van der Waals surface area contributed by atoms with Gasteiger partial charge < -0.3 is 4.74 Å². The molecule has 3 rings (SSSR count). The molecule has 2 heterocycles. The van der Waals surface area contributed by atoms with Crippen molar-refractivity contribution in [1.29, 1.82) is 0 Å². The van der Waals surface area contributed by atoms with Crippen molar-refractivity contribution in [2.24, 2.45) is 0 Å². The lowest BCUT2D eigenvalue weighted by Crippen LogP contribution is -1.98. The van der Waals surface area contributed by atoms with Gasteiger partial charge in [-0.05, 0) is 30.2 Å². The third-order valence-electron chi connectivity index (χ3n) is 2.81. The van der Waals surface area contributed by atoms with Crippen LogP contribution in [0.15, 0.2) is 30.6 Å². The maximum absolute atomic E-state index is 6.09. The highest BCUT2D eigenvalue weighted by atomic mass is 35.5. The molecule has 0 saturated heterocycles. The molecule has 20 heavy (non-hydrogen) atoms. The van der Waals surface area contributed by atoms with Crippen LogP contribution in [-0.4, -0.2) is 19.6 Å². The number of aromatic nitrogens is 4. The number of hydrogen-bond acceptors (Lipinski definition) is 4. The molecule has 0 N–H and O–H groups in total. The van der Waals surface area contributed by atoms with Crippen LogP contribution >= 0.6 is 23.2 Å². The van der Waals surface area contributed by atoms with Gasteiger partial charge in [-0.2, -0.15) is 19.6 Å². The van der Waals surface area contributed by atoms with Crippen molar-refractivity contribution < 1.29 is 4.74 Å². The third kappa shape index (κ3) is 2.42. The number of rotatable bonds is 3.